The zero-order valence-corrected chi connectivity index (χ0v) is 21.6. The Morgan fingerprint density at radius 1 is 0.667 bits per heavy atom. The summed E-state index contributed by atoms with van der Waals surface area (Å²) in [7, 11) is 0. The Labute approximate surface area is 204 Å². The van der Waals surface area contributed by atoms with Gasteiger partial charge in [-0.25, -0.2) is 0 Å². The molecule has 1 saturated carbocycles. The minimum absolute atomic E-state index is 0.205. The first-order valence-electron chi connectivity index (χ1n) is 14.1. The number of unbranched alkanes of at least 4 members (excludes halogenated alkanes) is 15. The molecule has 4 nitrogen and oxygen atoms in total. The Kier molecular flexibility index (Phi) is 19.1. The molecule has 1 aliphatic carbocycles. The van der Waals surface area contributed by atoms with Crippen LogP contribution in [0.1, 0.15) is 135 Å². The van der Waals surface area contributed by atoms with Crippen LogP contribution in [0, 0.1) is 11.8 Å². The summed E-state index contributed by atoms with van der Waals surface area (Å²) < 4.78 is 10.7. The van der Waals surface area contributed by atoms with E-state index in [4.69, 9.17) is 9.47 Å². The molecule has 0 aromatic rings. The van der Waals surface area contributed by atoms with Crippen molar-refractivity contribution in [2.75, 3.05) is 13.2 Å². The van der Waals surface area contributed by atoms with Gasteiger partial charge in [-0.2, -0.15) is 0 Å². The van der Waals surface area contributed by atoms with Crippen LogP contribution in [0.15, 0.2) is 12.7 Å². The molecule has 4 heteroatoms. The van der Waals surface area contributed by atoms with Gasteiger partial charge in [-0.1, -0.05) is 129 Å². The first kappa shape index (κ1) is 29.7. The van der Waals surface area contributed by atoms with Gasteiger partial charge in [0.1, 0.15) is 6.61 Å². The Balaban J connectivity index is 1.94. The van der Waals surface area contributed by atoms with Crippen molar-refractivity contribution in [2.45, 2.75) is 135 Å². The molecule has 2 unspecified atom stereocenters. The van der Waals surface area contributed by atoms with Crippen LogP contribution >= 0.6 is 0 Å². The summed E-state index contributed by atoms with van der Waals surface area (Å²) in [6.45, 7) is 6.53. The fourth-order valence-corrected chi connectivity index (χ4v) is 4.87. The van der Waals surface area contributed by atoms with Gasteiger partial charge in [-0.05, 0) is 19.3 Å². The maximum Gasteiger partial charge on any atom is 0.310 e. The molecule has 0 radical (unpaired) electrons. The summed E-state index contributed by atoms with van der Waals surface area (Å²) >= 11 is 0. The second kappa shape index (κ2) is 21.2. The molecule has 0 aliphatic heterocycles. The lowest BCUT2D eigenvalue weighted by molar-refractivity contribution is -0.162. The van der Waals surface area contributed by atoms with Crippen molar-refractivity contribution in [3.8, 4) is 0 Å². The molecule has 0 N–H and O–H groups in total. The molecule has 33 heavy (non-hydrogen) atoms. The third-order valence-corrected chi connectivity index (χ3v) is 6.96. The largest absolute Gasteiger partial charge is 0.465 e. The van der Waals surface area contributed by atoms with Gasteiger partial charge >= 0.3 is 11.9 Å². The first-order chi connectivity index (χ1) is 16.2. The molecule has 0 aromatic carbocycles. The van der Waals surface area contributed by atoms with E-state index in [1.165, 1.54) is 89.9 Å². The van der Waals surface area contributed by atoms with E-state index < -0.39 is 0 Å². The molecule has 0 saturated heterocycles. The fraction of sp³-hybridized carbons (Fsp3) is 0.862. The molecule has 0 spiro atoms. The van der Waals surface area contributed by atoms with Gasteiger partial charge in [0, 0.05) is 0 Å². The predicted octanol–water partition coefficient (Wildman–Crippen LogP) is 8.33. The molecular formula is C29H52O4. The van der Waals surface area contributed by atoms with Crippen LogP contribution in [0.4, 0.5) is 0 Å². The molecule has 1 fully saturated rings. The number of esters is 2. The van der Waals surface area contributed by atoms with Crippen LogP contribution in [0.5, 0.6) is 0 Å². The van der Waals surface area contributed by atoms with Gasteiger partial charge in [0.05, 0.1) is 18.4 Å². The lowest BCUT2D eigenvalue weighted by Crippen LogP contribution is -2.35. The lowest BCUT2D eigenvalue weighted by Gasteiger charge is -2.28. The van der Waals surface area contributed by atoms with Gasteiger partial charge in [-0.15, -0.1) is 0 Å². The van der Waals surface area contributed by atoms with Crippen molar-refractivity contribution >= 4 is 11.9 Å². The monoisotopic (exact) mass is 464 g/mol. The molecule has 0 aromatic heterocycles. The number of hydrogen-bond donors (Lipinski definition) is 0. The average molecular weight is 465 g/mol. The van der Waals surface area contributed by atoms with Gasteiger partial charge in [0.25, 0.3) is 0 Å². The van der Waals surface area contributed by atoms with Crippen LogP contribution in [0.25, 0.3) is 0 Å². The molecule has 0 heterocycles. The van der Waals surface area contributed by atoms with Crippen LogP contribution in [0.3, 0.4) is 0 Å². The maximum absolute atomic E-state index is 12.5. The molecule has 2 atom stereocenters. The third kappa shape index (κ3) is 15.2. The van der Waals surface area contributed by atoms with Gasteiger partial charge in [0.2, 0.25) is 0 Å². The van der Waals surface area contributed by atoms with Crippen molar-refractivity contribution < 1.29 is 19.1 Å². The van der Waals surface area contributed by atoms with E-state index in [1.54, 1.807) is 6.08 Å². The Morgan fingerprint density at radius 3 is 1.48 bits per heavy atom. The smallest absolute Gasteiger partial charge is 0.310 e. The highest BCUT2D eigenvalue weighted by Crippen LogP contribution is 2.32. The topological polar surface area (TPSA) is 52.6 Å². The first-order valence-corrected chi connectivity index (χ1v) is 14.1. The number of rotatable bonds is 21. The Hall–Kier alpha value is -1.32. The summed E-state index contributed by atoms with van der Waals surface area (Å²) in [4.78, 5) is 24.7. The number of carbonyl (C=O) groups excluding carboxylic acids is 2. The van der Waals surface area contributed by atoms with Crippen molar-refractivity contribution in [3.05, 3.63) is 12.7 Å². The van der Waals surface area contributed by atoms with E-state index in [-0.39, 0.29) is 30.4 Å². The lowest BCUT2D eigenvalue weighted by atomic mass is 9.79. The summed E-state index contributed by atoms with van der Waals surface area (Å²) in [5.41, 5.74) is 0. The van der Waals surface area contributed by atoms with Crippen molar-refractivity contribution in [3.63, 3.8) is 0 Å². The molecule has 1 rings (SSSR count). The number of ether oxygens (including phenoxy) is 2. The highest BCUT2D eigenvalue weighted by atomic mass is 16.5. The summed E-state index contributed by atoms with van der Waals surface area (Å²) in [5.74, 6) is -1.18. The SMILES string of the molecule is C=CCOC(=O)C1CCCCC1C(=O)OCCCCCCCCCCCCCCCCCC. The predicted molar refractivity (Wildman–Crippen MR) is 137 cm³/mol. The summed E-state index contributed by atoms with van der Waals surface area (Å²) in [5, 5.41) is 0. The zero-order valence-electron chi connectivity index (χ0n) is 21.6. The molecular weight excluding hydrogens is 412 g/mol. The van der Waals surface area contributed by atoms with Crippen LogP contribution in [-0.4, -0.2) is 25.2 Å². The fourth-order valence-electron chi connectivity index (χ4n) is 4.87. The third-order valence-electron chi connectivity index (χ3n) is 6.96. The second-order valence-corrected chi connectivity index (χ2v) is 9.89. The van der Waals surface area contributed by atoms with Gasteiger partial charge in [0.15, 0.2) is 0 Å². The minimum atomic E-state index is -0.350. The maximum atomic E-state index is 12.5. The molecule has 192 valence electrons. The number of carbonyl (C=O) groups is 2. The van der Waals surface area contributed by atoms with E-state index in [0.717, 1.165) is 38.5 Å². The second-order valence-electron chi connectivity index (χ2n) is 9.89. The molecule has 0 amide bonds. The Morgan fingerprint density at radius 2 is 1.06 bits per heavy atom. The van der Waals surface area contributed by atoms with Crippen LogP contribution in [0.2, 0.25) is 0 Å². The van der Waals surface area contributed by atoms with Crippen LogP contribution < -0.4 is 0 Å². The van der Waals surface area contributed by atoms with E-state index in [0.29, 0.717) is 6.61 Å². The summed E-state index contributed by atoms with van der Waals surface area (Å²) in [6, 6.07) is 0. The summed E-state index contributed by atoms with van der Waals surface area (Å²) in [6.07, 6.45) is 26.2. The minimum Gasteiger partial charge on any atom is -0.465 e. The zero-order chi connectivity index (χ0) is 24.0. The van der Waals surface area contributed by atoms with Crippen LogP contribution in [-0.2, 0) is 19.1 Å². The highest BCUT2D eigenvalue weighted by molar-refractivity contribution is 5.82. The quantitative estimate of drug-likeness (QED) is 0.0973. The average Bonchev–Trinajstić information content (AvgIpc) is 2.84. The van der Waals surface area contributed by atoms with E-state index >= 15 is 0 Å². The molecule has 1 aliphatic rings. The van der Waals surface area contributed by atoms with Crippen molar-refractivity contribution in [2.24, 2.45) is 11.8 Å². The van der Waals surface area contributed by atoms with E-state index in [9.17, 15) is 9.59 Å². The van der Waals surface area contributed by atoms with E-state index in [2.05, 4.69) is 13.5 Å². The van der Waals surface area contributed by atoms with Crippen molar-refractivity contribution in [1.29, 1.82) is 0 Å². The van der Waals surface area contributed by atoms with Crippen molar-refractivity contribution in [1.82, 2.24) is 0 Å². The van der Waals surface area contributed by atoms with Gasteiger partial charge in [-0.3, -0.25) is 9.59 Å². The number of hydrogen-bond acceptors (Lipinski definition) is 4. The molecule has 0 bridgehead atoms. The van der Waals surface area contributed by atoms with E-state index in [1.807, 2.05) is 0 Å². The standard InChI is InChI=1S/C29H52O4/c1-3-5-6-7-8-9-10-11-12-13-14-15-16-17-18-21-25-33-29(31)27-23-20-19-22-26(27)28(30)32-24-4-2/h4,26-27H,2-3,5-25H2,1H3. The van der Waals surface area contributed by atoms with Gasteiger partial charge < -0.3 is 9.47 Å². The highest BCUT2D eigenvalue weighted by Gasteiger charge is 2.37. The normalized spacial score (nSPS) is 18.1. The Bertz CT molecular complexity index is 502.